The molecule has 26 heavy (non-hydrogen) atoms. The highest BCUT2D eigenvalue weighted by Gasteiger charge is 2.16. The van der Waals surface area contributed by atoms with Gasteiger partial charge >= 0.3 is 0 Å². The molecule has 0 heterocycles. The summed E-state index contributed by atoms with van der Waals surface area (Å²) in [5.41, 5.74) is 1.77. The van der Waals surface area contributed by atoms with E-state index in [4.69, 9.17) is 0 Å². The molecule has 0 saturated carbocycles. The summed E-state index contributed by atoms with van der Waals surface area (Å²) in [6.45, 7) is 5.06. The maximum Gasteiger partial charge on any atom is 0.251 e. The molecular weight excluding hydrogens is 348 g/mol. The quantitative estimate of drug-likeness (QED) is 0.644. The Labute approximate surface area is 157 Å². The van der Waals surface area contributed by atoms with Crippen molar-refractivity contribution in [1.82, 2.24) is 10.0 Å². The first-order valence-electron chi connectivity index (χ1n) is 9.44. The summed E-state index contributed by atoms with van der Waals surface area (Å²) in [4.78, 5) is 12.5. The van der Waals surface area contributed by atoms with Gasteiger partial charge in [0, 0.05) is 18.7 Å². The smallest absolute Gasteiger partial charge is 0.251 e. The number of rotatable bonds is 9. The van der Waals surface area contributed by atoms with Gasteiger partial charge in [-0.3, -0.25) is 4.79 Å². The van der Waals surface area contributed by atoms with Crippen LogP contribution in [0.1, 0.15) is 62.7 Å². The van der Waals surface area contributed by atoms with Crippen molar-refractivity contribution >= 4 is 15.9 Å². The summed E-state index contributed by atoms with van der Waals surface area (Å²) >= 11 is 0. The second-order valence-electron chi connectivity index (χ2n) is 7.22. The van der Waals surface area contributed by atoms with Crippen molar-refractivity contribution < 1.29 is 13.2 Å². The van der Waals surface area contributed by atoms with Gasteiger partial charge in [-0.05, 0) is 62.6 Å². The summed E-state index contributed by atoms with van der Waals surface area (Å²) in [7, 11) is -3.59. The van der Waals surface area contributed by atoms with Gasteiger partial charge in [0.05, 0.1) is 4.90 Å². The molecular formula is C20H30N2O3S. The number of carbonyl (C=O) groups is 1. The van der Waals surface area contributed by atoms with E-state index in [1.54, 1.807) is 12.1 Å². The zero-order valence-corrected chi connectivity index (χ0v) is 16.6. The van der Waals surface area contributed by atoms with Crippen LogP contribution in [-0.4, -0.2) is 27.4 Å². The summed E-state index contributed by atoms with van der Waals surface area (Å²) in [5, 5.41) is 2.89. The van der Waals surface area contributed by atoms with E-state index >= 15 is 0 Å². The Morgan fingerprint density at radius 2 is 2.00 bits per heavy atom. The molecule has 0 spiro atoms. The molecule has 1 aromatic rings. The van der Waals surface area contributed by atoms with Crippen LogP contribution >= 0.6 is 0 Å². The molecule has 0 saturated heterocycles. The van der Waals surface area contributed by atoms with Crippen LogP contribution in [0.25, 0.3) is 0 Å². The van der Waals surface area contributed by atoms with E-state index in [2.05, 4.69) is 16.1 Å². The lowest BCUT2D eigenvalue weighted by atomic mass is 9.97. The molecule has 5 nitrogen and oxygen atoms in total. The van der Waals surface area contributed by atoms with Gasteiger partial charge in [-0.25, -0.2) is 13.1 Å². The summed E-state index contributed by atoms with van der Waals surface area (Å²) in [6, 6.07) is 6.20. The van der Waals surface area contributed by atoms with Crippen molar-refractivity contribution in [3.8, 4) is 0 Å². The number of hydrogen-bond acceptors (Lipinski definition) is 3. The second kappa shape index (κ2) is 9.88. The monoisotopic (exact) mass is 378 g/mol. The normalized spacial score (nSPS) is 15.0. The highest BCUT2D eigenvalue weighted by molar-refractivity contribution is 7.89. The fourth-order valence-corrected chi connectivity index (χ4v) is 4.03. The standard InChI is InChI=1S/C20H30N2O3S/c1-16(2)11-14-22-26(24,25)19-10-6-9-18(15-19)20(23)21-13-12-17-7-4-3-5-8-17/h6-7,9-10,15-16,22H,3-5,8,11-14H2,1-2H3,(H,21,23). The average molecular weight is 379 g/mol. The van der Waals surface area contributed by atoms with Gasteiger partial charge in [-0.2, -0.15) is 0 Å². The van der Waals surface area contributed by atoms with E-state index in [-0.39, 0.29) is 10.8 Å². The first-order valence-corrected chi connectivity index (χ1v) is 10.9. The highest BCUT2D eigenvalue weighted by Crippen LogP contribution is 2.19. The molecule has 1 aromatic carbocycles. The predicted octanol–water partition coefficient (Wildman–Crippen LogP) is 3.63. The van der Waals surface area contributed by atoms with Crippen LogP contribution in [0.3, 0.4) is 0 Å². The number of amides is 1. The lowest BCUT2D eigenvalue weighted by Gasteiger charge is -2.13. The number of sulfonamides is 1. The van der Waals surface area contributed by atoms with Gasteiger partial charge in [0.2, 0.25) is 10.0 Å². The first-order chi connectivity index (χ1) is 12.4. The van der Waals surface area contributed by atoms with Crippen LogP contribution in [0.4, 0.5) is 0 Å². The van der Waals surface area contributed by atoms with Crippen LogP contribution in [0.2, 0.25) is 0 Å². The van der Waals surface area contributed by atoms with Crippen molar-refractivity contribution in [2.75, 3.05) is 13.1 Å². The molecule has 0 fully saturated rings. The topological polar surface area (TPSA) is 75.3 Å². The molecule has 144 valence electrons. The Balaban J connectivity index is 1.92. The molecule has 0 aromatic heterocycles. The van der Waals surface area contributed by atoms with Crippen LogP contribution in [0.15, 0.2) is 40.8 Å². The zero-order chi connectivity index (χ0) is 19.0. The third-order valence-electron chi connectivity index (χ3n) is 4.54. The average Bonchev–Trinajstić information content (AvgIpc) is 2.62. The fourth-order valence-electron chi connectivity index (χ4n) is 2.94. The molecule has 2 rings (SSSR count). The van der Waals surface area contributed by atoms with E-state index < -0.39 is 10.0 Å². The maximum absolute atomic E-state index is 12.4. The van der Waals surface area contributed by atoms with Crippen molar-refractivity contribution in [3.05, 3.63) is 41.5 Å². The van der Waals surface area contributed by atoms with Gasteiger partial charge in [-0.15, -0.1) is 0 Å². The summed E-state index contributed by atoms with van der Waals surface area (Å²) < 4.78 is 27.3. The maximum atomic E-state index is 12.4. The van der Waals surface area contributed by atoms with Crippen LogP contribution in [0.5, 0.6) is 0 Å². The van der Waals surface area contributed by atoms with E-state index in [0.717, 1.165) is 25.7 Å². The number of allylic oxidation sites excluding steroid dienone is 1. The van der Waals surface area contributed by atoms with Gasteiger partial charge in [0.15, 0.2) is 0 Å². The fraction of sp³-hybridized carbons (Fsp3) is 0.550. The number of hydrogen-bond donors (Lipinski definition) is 2. The molecule has 1 aliphatic rings. The largest absolute Gasteiger partial charge is 0.352 e. The Bertz CT molecular complexity index is 739. The third kappa shape index (κ3) is 6.57. The molecule has 6 heteroatoms. The van der Waals surface area contributed by atoms with Crippen LogP contribution < -0.4 is 10.0 Å². The van der Waals surface area contributed by atoms with Crippen molar-refractivity contribution in [3.63, 3.8) is 0 Å². The number of carbonyl (C=O) groups excluding carboxylic acids is 1. The minimum atomic E-state index is -3.59. The van der Waals surface area contributed by atoms with Gasteiger partial charge in [0.1, 0.15) is 0 Å². The molecule has 0 bridgehead atoms. The Morgan fingerprint density at radius 1 is 1.19 bits per heavy atom. The van der Waals surface area contributed by atoms with Crippen LogP contribution in [0, 0.1) is 5.92 Å². The van der Waals surface area contributed by atoms with Crippen molar-refractivity contribution in [2.45, 2.75) is 57.3 Å². The Kier molecular flexibility index (Phi) is 7.85. The molecule has 0 aliphatic heterocycles. The molecule has 1 amide bonds. The molecule has 1 aliphatic carbocycles. The number of benzene rings is 1. The molecule has 0 atom stereocenters. The summed E-state index contributed by atoms with van der Waals surface area (Å²) in [5.74, 6) is 0.190. The van der Waals surface area contributed by atoms with Crippen molar-refractivity contribution in [1.29, 1.82) is 0 Å². The Hall–Kier alpha value is -1.66. The molecule has 0 unspecified atom stereocenters. The highest BCUT2D eigenvalue weighted by atomic mass is 32.2. The first kappa shape index (κ1) is 20.6. The lowest BCUT2D eigenvalue weighted by Crippen LogP contribution is -2.27. The van der Waals surface area contributed by atoms with Crippen molar-refractivity contribution in [2.24, 2.45) is 5.92 Å². The van der Waals surface area contributed by atoms with E-state index in [0.29, 0.717) is 24.6 Å². The number of nitrogens with one attached hydrogen (secondary N) is 2. The zero-order valence-electron chi connectivity index (χ0n) is 15.8. The minimum Gasteiger partial charge on any atom is -0.352 e. The van der Waals surface area contributed by atoms with E-state index in [1.807, 2.05) is 13.8 Å². The Morgan fingerprint density at radius 3 is 2.69 bits per heavy atom. The molecule has 2 N–H and O–H groups in total. The molecule has 0 radical (unpaired) electrons. The predicted molar refractivity (Wildman–Crippen MR) is 105 cm³/mol. The van der Waals surface area contributed by atoms with Gasteiger partial charge in [-0.1, -0.05) is 31.6 Å². The second-order valence-corrected chi connectivity index (χ2v) is 8.99. The lowest BCUT2D eigenvalue weighted by molar-refractivity contribution is 0.0954. The van der Waals surface area contributed by atoms with E-state index in [9.17, 15) is 13.2 Å². The van der Waals surface area contributed by atoms with E-state index in [1.165, 1.54) is 30.5 Å². The summed E-state index contributed by atoms with van der Waals surface area (Å²) in [6.07, 6.45) is 8.63. The van der Waals surface area contributed by atoms with Gasteiger partial charge < -0.3 is 5.32 Å². The minimum absolute atomic E-state index is 0.129. The van der Waals surface area contributed by atoms with Crippen LogP contribution in [-0.2, 0) is 10.0 Å². The SMILES string of the molecule is CC(C)CCNS(=O)(=O)c1cccc(C(=O)NCCC2=CCCCC2)c1. The van der Waals surface area contributed by atoms with Gasteiger partial charge in [0.25, 0.3) is 5.91 Å². The third-order valence-corrected chi connectivity index (χ3v) is 6.00.